The molecule has 1 unspecified atom stereocenters. The largest absolute Gasteiger partial charge is 0.388 e. The summed E-state index contributed by atoms with van der Waals surface area (Å²) in [6, 6.07) is 0. The number of halogens is 1. The lowest BCUT2D eigenvalue weighted by molar-refractivity contribution is 0.271. The Morgan fingerprint density at radius 3 is 2.59 bits per heavy atom. The van der Waals surface area contributed by atoms with Gasteiger partial charge in [-0.05, 0) is 29.0 Å². The molecule has 6 nitrogen and oxygen atoms in total. The maximum Gasteiger partial charge on any atom is 0.169 e. The Labute approximate surface area is 114 Å². The summed E-state index contributed by atoms with van der Waals surface area (Å²) in [6.07, 6.45) is 0.456. The van der Waals surface area contributed by atoms with Crippen molar-refractivity contribution < 1.29 is 5.11 Å². The molecule has 0 saturated heterocycles. The first-order valence-electron chi connectivity index (χ1n) is 4.99. The summed E-state index contributed by atoms with van der Waals surface area (Å²) in [4.78, 5) is 15.1. The van der Waals surface area contributed by atoms with Gasteiger partial charge in [0.1, 0.15) is 18.3 Å². The van der Waals surface area contributed by atoms with Gasteiger partial charge in [0.2, 0.25) is 0 Å². The first-order valence-corrected chi connectivity index (χ1v) is 9.05. The van der Waals surface area contributed by atoms with Gasteiger partial charge in [0.05, 0.1) is 6.37 Å². The summed E-state index contributed by atoms with van der Waals surface area (Å²) < 4.78 is 1.93. The molecule has 1 atom stereocenters. The molecular formula is C9H13IN5OP. The number of aliphatic hydroxyl groups is 1. The summed E-state index contributed by atoms with van der Waals surface area (Å²) in [5.74, 6) is 2.13. The van der Waals surface area contributed by atoms with E-state index in [1.165, 1.54) is 0 Å². The Morgan fingerprint density at radius 2 is 2.06 bits per heavy atom. The summed E-state index contributed by atoms with van der Waals surface area (Å²) in [7, 11) is 3.84. The predicted molar refractivity (Wildman–Crippen MR) is 78.0 cm³/mol. The molecule has 0 saturated carbocycles. The highest BCUT2D eigenvalue weighted by atomic mass is 127. The van der Waals surface area contributed by atoms with Crippen LogP contribution in [0.25, 0.3) is 11.2 Å². The van der Waals surface area contributed by atoms with Gasteiger partial charge in [-0.1, -0.05) is 0 Å². The lowest BCUT2D eigenvalue weighted by Gasteiger charge is -2.11. The molecule has 0 spiro atoms. The van der Waals surface area contributed by atoms with Crippen molar-refractivity contribution in [2.24, 2.45) is 0 Å². The van der Waals surface area contributed by atoms with Crippen LogP contribution in [0.1, 0.15) is 11.6 Å². The van der Waals surface area contributed by atoms with Gasteiger partial charge in [0, 0.05) is 14.1 Å². The molecule has 0 aliphatic rings. The number of imidazole rings is 1. The molecule has 0 aliphatic carbocycles. The monoisotopic (exact) mass is 365 g/mol. The number of aliphatic hydroxyl groups excluding tert-OH is 1. The fraction of sp³-hybridized carbons (Fsp3) is 0.444. The van der Waals surface area contributed by atoms with Crippen LogP contribution in [0.15, 0.2) is 0 Å². The van der Waals surface area contributed by atoms with Crippen molar-refractivity contribution in [3.8, 4) is 0 Å². The minimum absolute atomic E-state index is 0.0850. The topological polar surface area (TPSA) is 67.1 Å². The van der Waals surface area contributed by atoms with E-state index in [9.17, 15) is 5.11 Å². The second-order valence-corrected chi connectivity index (χ2v) is 5.83. The molecule has 0 radical (unpaired) electrons. The quantitative estimate of drug-likeness (QED) is 0.660. The van der Waals surface area contributed by atoms with Gasteiger partial charge in [0.15, 0.2) is 17.0 Å². The van der Waals surface area contributed by atoms with Crippen LogP contribution in [0, 0.1) is 6.92 Å². The number of hydrogen-bond donors (Lipinski definition) is 1. The van der Waals surface area contributed by atoms with Crippen LogP contribution in [0.5, 0.6) is 0 Å². The lowest BCUT2D eigenvalue weighted by Crippen LogP contribution is -2.12. The van der Waals surface area contributed by atoms with Crippen LogP contribution in [0.4, 0.5) is 5.82 Å². The molecule has 2 rings (SSSR count). The average Bonchev–Trinajstić information content (AvgIpc) is 2.64. The molecule has 17 heavy (non-hydrogen) atoms. The predicted octanol–water partition coefficient (Wildman–Crippen LogP) is 1.48. The molecule has 0 aromatic carbocycles. The van der Waals surface area contributed by atoms with Crippen molar-refractivity contribution in [1.29, 1.82) is 0 Å². The number of anilines is 1. The fourth-order valence-corrected chi connectivity index (χ4v) is 3.58. The van der Waals surface area contributed by atoms with Crippen molar-refractivity contribution in [1.82, 2.24) is 19.3 Å². The Balaban J connectivity index is 2.81. The van der Waals surface area contributed by atoms with Crippen LogP contribution >= 0.6 is 28.4 Å². The highest BCUT2D eigenvalue weighted by molar-refractivity contribution is 14.2. The normalized spacial score (nSPS) is 11.8. The first-order chi connectivity index (χ1) is 8.08. The van der Waals surface area contributed by atoms with Gasteiger partial charge in [-0.2, -0.15) is 0 Å². The third-order valence-electron chi connectivity index (χ3n) is 2.32. The van der Waals surface area contributed by atoms with Gasteiger partial charge in [-0.3, -0.25) is 4.34 Å². The van der Waals surface area contributed by atoms with Crippen molar-refractivity contribution in [3.63, 3.8) is 0 Å². The maximum absolute atomic E-state index is 9.31. The molecule has 0 fully saturated rings. The van der Waals surface area contributed by atoms with Crippen LogP contribution in [0.2, 0.25) is 0 Å². The molecule has 8 heteroatoms. The van der Waals surface area contributed by atoms with Gasteiger partial charge in [0.25, 0.3) is 0 Å². The molecule has 0 amide bonds. The fourth-order valence-electron chi connectivity index (χ4n) is 1.60. The molecule has 92 valence electrons. The molecule has 0 bridgehead atoms. The van der Waals surface area contributed by atoms with E-state index in [0.29, 0.717) is 18.0 Å². The molecule has 0 aliphatic heterocycles. The van der Waals surface area contributed by atoms with Crippen molar-refractivity contribution in [2.75, 3.05) is 19.0 Å². The Kier molecular flexibility index (Phi) is 3.79. The number of rotatable bonds is 3. The van der Waals surface area contributed by atoms with Crippen LogP contribution < -0.4 is 4.90 Å². The second-order valence-electron chi connectivity index (χ2n) is 3.77. The molecule has 2 heterocycles. The van der Waals surface area contributed by atoms with E-state index < -0.39 is 0 Å². The summed E-state index contributed by atoms with van der Waals surface area (Å²) in [6.45, 7) is 1.77. The van der Waals surface area contributed by atoms with Gasteiger partial charge >= 0.3 is 0 Å². The second kappa shape index (κ2) is 4.99. The van der Waals surface area contributed by atoms with Crippen molar-refractivity contribution in [3.05, 3.63) is 11.6 Å². The van der Waals surface area contributed by atoms with E-state index in [4.69, 9.17) is 0 Å². The standard InChI is InChI=1S/C9H13IN5OP/c1-5-11-8(14(2)3)7-9(12-5)15(17-10)6(4-16)13-7/h16-17H,4H2,1-3H3. The zero-order chi connectivity index (χ0) is 12.6. The number of fused-ring (bicyclic) bond motifs is 1. The van der Waals surface area contributed by atoms with E-state index in [1.54, 1.807) is 0 Å². The summed E-state index contributed by atoms with van der Waals surface area (Å²) in [5, 5.41) is 9.31. The Morgan fingerprint density at radius 1 is 1.35 bits per heavy atom. The summed E-state index contributed by atoms with van der Waals surface area (Å²) in [5.41, 5.74) is 1.53. The highest BCUT2D eigenvalue weighted by Gasteiger charge is 2.16. The van der Waals surface area contributed by atoms with Crippen LogP contribution in [0.3, 0.4) is 0 Å². The van der Waals surface area contributed by atoms with Gasteiger partial charge < -0.3 is 10.0 Å². The lowest BCUT2D eigenvalue weighted by atomic mass is 10.4. The van der Waals surface area contributed by atoms with E-state index in [-0.39, 0.29) is 6.61 Å². The molecule has 1 N–H and O–H groups in total. The third-order valence-corrected chi connectivity index (χ3v) is 4.41. The molecular weight excluding hydrogens is 352 g/mol. The zero-order valence-corrected chi connectivity index (χ0v) is 12.9. The number of nitrogens with zero attached hydrogens (tertiary/aromatic N) is 5. The minimum Gasteiger partial charge on any atom is -0.388 e. The Hall–Kier alpha value is -0.530. The van der Waals surface area contributed by atoms with E-state index in [0.717, 1.165) is 17.0 Å². The maximum atomic E-state index is 9.31. The van der Waals surface area contributed by atoms with Crippen LogP contribution in [-0.4, -0.2) is 38.5 Å². The molecule has 2 aromatic rings. The van der Waals surface area contributed by atoms with E-state index in [2.05, 4.69) is 37.0 Å². The third kappa shape index (κ3) is 2.23. The minimum atomic E-state index is -0.0850. The molecule has 2 aromatic heterocycles. The number of aryl methyl sites for hydroxylation is 1. The first kappa shape index (κ1) is 12.9. The van der Waals surface area contributed by atoms with E-state index >= 15 is 0 Å². The number of aromatic nitrogens is 4. The van der Waals surface area contributed by atoms with E-state index in [1.807, 2.05) is 30.3 Å². The van der Waals surface area contributed by atoms with Crippen LogP contribution in [-0.2, 0) is 6.61 Å². The smallest absolute Gasteiger partial charge is 0.169 e. The van der Waals surface area contributed by atoms with Crippen molar-refractivity contribution >= 4 is 45.4 Å². The SMILES string of the molecule is Cc1nc(N(C)C)c2nc(CO)n(PI)c2n1. The number of hydrogen-bond acceptors (Lipinski definition) is 5. The van der Waals surface area contributed by atoms with Gasteiger partial charge in [-0.25, -0.2) is 15.0 Å². The van der Waals surface area contributed by atoms with Gasteiger partial charge in [-0.15, -0.1) is 0 Å². The van der Waals surface area contributed by atoms with Crippen molar-refractivity contribution in [2.45, 2.75) is 13.5 Å². The average molecular weight is 365 g/mol. The summed E-state index contributed by atoms with van der Waals surface area (Å²) >= 11 is 2.25. The zero-order valence-electron chi connectivity index (χ0n) is 9.77. The Bertz CT molecular complexity index is 556. The highest BCUT2D eigenvalue weighted by Crippen LogP contribution is 2.33.